The van der Waals surface area contributed by atoms with Gasteiger partial charge in [0.1, 0.15) is 12.6 Å². The molecule has 3 N–H and O–H groups in total. The van der Waals surface area contributed by atoms with Gasteiger partial charge in [-0.05, 0) is 47.9 Å². The van der Waals surface area contributed by atoms with Gasteiger partial charge in [0.25, 0.3) is 0 Å². The molecule has 0 aliphatic heterocycles. The molecule has 0 bridgehead atoms. The maximum Gasteiger partial charge on any atom is 0.407 e. The Hall–Kier alpha value is -3.35. The lowest BCUT2D eigenvalue weighted by molar-refractivity contribution is -0.142. The quantitative estimate of drug-likeness (QED) is 0.590. The van der Waals surface area contributed by atoms with E-state index in [1.54, 1.807) is 6.92 Å². The molecule has 33 heavy (non-hydrogen) atoms. The van der Waals surface area contributed by atoms with E-state index in [1.165, 1.54) is 11.1 Å². The molecule has 2 amide bonds. The summed E-state index contributed by atoms with van der Waals surface area (Å²) < 4.78 is 5.62. The van der Waals surface area contributed by atoms with Gasteiger partial charge in [-0.15, -0.1) is 0 Å². The minimum atomic E-state index is -1.03. The Balaban J connectivity index is 1.32. The highest BCUT2D eigenvalue weighted by molar-refractivity contribution is 5.85. The van der Waals surface area contributed by atoms with Gasteiger partial charge in [-0.3, -0.25) is 4.79 Å². The van der Waals surface area contributed by atoms with Crippen LogP contribution in [0.15, 0.2) is 48.5 Å². The molecule has 7 heteroatoms. The fourth-order valence-corrected chi connectivity index (χ4v) is 4.99. The zero-order chi connectivity index (χ0) is 23.4. The maximum atomic E-state index is 12.6. The number of nitrogens with one attached hydrogen (secondary N) is 2. The fraction of sp³-hybridized carbons (Fsp3) is 0.423. The molecule has 0 radical (unpaired) electrons. The summed E-state index contributed by atoms with van der Waals surface area (Å²) in [5.41, 5.74) is 4.67. The van der Waals surface area contributed by atoms with Gasteiger partial charge >= 0.3 is 12.1 Å². The first-order valence-electron chi connectivity index (χ1n) is 11.6. The van der Waals surface area contributed by atoms with Crippen LogP contribution in [0.2, 0.25) is 0 Å². The van der Waals surface area contributed by atoms with Crippen molar-refractivity contribution in [2.24, 2.45) is 5.92 Å². The fourth-order valence-electron chi connectivity index (χ4n) is 4.99. The highest BCUT2D eigenvalue weighted by atomic mass is 16.5. The largest absolute Gasteiger partial charge is 0.480 e. The molecule has 2 aliphatic rings. The molecule has 0 aromatic heterocycles. The lowest BCUT2D eigenvalue weighted by Gasteiger charge is -2.29. The van der Waals surface area contributed by atoms with Crippen molar-refractivity contribution in [3.63, 3.8) is 0 Å². The number of amides is 2. The van der Waals surface area contributed by atoms with Crippen LogP contribution in [-0.2, 0) is 14.3 Å². The first-order chi connectivity index (χ1) is 16.0. The van der Waals surface area contributed by atoms with Gasteiger partial charge in [0, 0.05) is 17.9 Å². The minimum absolute atomic E-state index is 0.00460. The summed E-state index contributed by atoms with van der Waals surface area (Å²) in [6, 6.07) is 15.3. The highest BCUT2D eigenvalue weighted by Gasteiger charge is 2.32. The first-order valence-corrected chi connectivity index (χ1v) is 11.6. The minimum Gasteiger partial charge on any atom is -0.480 e. The number of hydrogen-bond acceptors (Lipinski definition) is 4. The molecule has 2 aliphatic carbocycles. The van der Waals surface area contributed by atoms with Crippen molar-refractivity contribution in [1.82, 2.24) is 10.6 Å². The van der Waals surface area contributed by atoms with E-state index < -0.39 is 18.1 Å². The van der Waals surface area contributed by atoms with Gasteiger partial charge < -0.3 is 20.5 Å². The summed E-state index contributed by atoms with van der Waals surface area (Å²) >= 11 is 0. The number of ether oxygens (including phenoxy) is 1. The zero-order valence-corrected chi connectivity index (χ0v) is 18.8. The molecule has 7 nitrogen and oxygen atoms in total. The highest BCUT2D eigenvalue weighted by Crippen LogP contribution is 2.44. The Labute approximate surface area is 193 Å². The number of carbonyl (C=O) groups is 3. The summed E-state index contributed by atoms with van der Waals surface area (Å²) in [4.78, 5) is 36.3. The van der Waals surface area contributed by atoms with Crippen LogP contribution in [0.1, 0.15) is 56.1 Å². The monoisotopic (exact) mass is 450 g/mol. The van der Waals surface area contributed by atoms with Crippen LogP contribution in [0.4, 0.5) is 4.79 Å². The molecule has 4 rings (SSSR count). The predicted molar refractivity (Wildman–Crippen MR) is 124 cm³/mol. The summed E-state index contributed by atoms with van der Waals surface area (Å²) in [7, 11) is 0. The third-order valence-corrected chi connectivity index (χ3v) is 6.73. The van der Waals surface area contributed by atoms with Gasteiger partial charge in [0.15, 0.2) is 0 Å². The molecule has 3 atom stereocenters. The van der Waals surface area contributed by atoms with Crippen LogP contribution in [-0.4, -0.2) is 41.8 Å². The van der Waals surface area contributed by atoms with E-state index in [-0.39, 0.29) is 30.4 Å². The molecule has 0 saturated heterocycles. The summed E-state index contributed by atoms with van der Waals surface area (Å²) in [5, 5.41) is 14.7. The molecule has 0 unspecified atom stereocenters. The first kappa shape index (κ1) is 22.8. The molecule has 0 spiro atoms. The third kappa shape index (κ3) is 5.02. The van der Waals surface area contributed by atoms with Crippen molar-refractivity contribution >= 4 is 18.0 Å². The number of carboxylic acid groups (broad SMARTS) is 1. The summed E-state index contributed by atoms with van der Waals surface area (Å²) in [5.74, 6) is -1.61. The Bertz CT molecular complexity index is 991. The van der Waals surface area contributed by atoms with E-state index in [0.29, 0.717) is 19.3 Å². The van der Waals surface area contributed by atoms with E-state index in [4.69, 9.17) is 4.74 Å². The van der Waals surface area contributed by atoms with Crippen molar-refractivity contribution in [1.29, 1.82) is 0 Å². The number of hydrogen-bond donors (Lipinski definition) is 3. The second kappa shape index (κ2) is 10.1. The number of benzene rings is 2. The number of alkyl carbamates (subject to hydrolysis) is 1. The molecule has 2 aromatic carbocycles. The number of rotatable bonds is 7. The van der Waals surface area contributed by atoms with Crippen molar-refractivity contribution in [2.45, 2.75) is 57.0 Å². The van der Waals surface area contributed by atoms with Crippen molar-refractivity contribution < 1.29 is 24.2 Å². The third-order valence-electron chi connectivity index (χ3n) is 6.73. The lowest BCUT2D eigenvalue weighted by Crippen LogP contribution is -2.47. The van der Waals surface area contributed by atoms with Crippen molar-refractivity contribution in [2.75, 3.05) is 6.61 Å². The topological polar surface area (TPSA) is 105 Å². The van der Waals surface area contributed by atoms with E-state index in [0.717, 1.165) is 24.0 Å². The Kier molecular flexibility index (Phi) is 6.96. The zero-order valence-electron chi connectivity index (χ0n) is 18.8. The van der Waals surface area contributed by atoms with Crippen LogP contribution in [0.25, 0.3) is 11.1 Å². The van der Waals surface area contributed by atoms with Gasteiger partial charge in [-0.25, -0.2) is 9.59 Å². The molecule has 0 heterocycles. The molecule has 1 saturated carbocycles. The van der Waals surface area contributed by atoms with Crippen molar-refractivity contribution in [3.8, 4) is 11.1 Å². The number of fused-ring (bicyclic) bond motifs is 3. The van der Waals surface area contributed by atoms with Gasteiger partial charge in [-0.2, -0.15) is 0 Å². The van der Waals surface area contributed by atoms with Crippen LogP contribution in [0.3, 0.4) is 0 Å². The van der Waals surface area contributed by atoms with Crippen molar-refractivity contribution in [3.05, 3.63) is 59.7 Å². The molecular weight excluding hydrogens is 420 g/mol. The lowest BCUT2D eigenvalue weighted by atomic mass is 9.85. The second-order valence-corrected chi connectivity index (χ2v) is 8.84. The van der Waals surface area contributed by atoms with Gasteiger partial charge in [0.05, 0.1) is 0 Å². The average Bonchev–Trinajstić information content (AvgIpc) is 3.14. The Morgan fingerprint density at radius 2 is 1.67 bits per heavy atom. The smallest absolute Gasteiger partial charge is 0.407 e. The van der Waals surface area contributed by atoms with Crippen LogP contribution in [0, 0.1) is 5.92 Å². The molecular formula is C26H30N2O5. The van der Waals surface area contributed by atoms with Gasteiger partial charge in [0.2, 0.25) is 5.91 Å². The number of aliphatic carboxylic acids is 1. The SMILES string of the molecule is CC[C@H](NC(=O)[C@H]1CCC[C@@H](NC(=O)OCC2c3ccccc3-c3ccccc32)C1)C(=O)O. The van der Waals surface area contributed by atoms with E-state index in [2.05, 4.69) is 34.9 Å². The average molecular weight is 451 g/mol. The number of carbonyl (C=O) groups excluding carboxylic acids is 2. The van der Waals surface area contributed by atoms with Gasteiger partial charge in [-0.1, -0.05) is 61.9 Å². The Morgan fingerprint density at radius 1 is 1.03 bits per heavy atom. The van der Waals surface area contributed by atoms with Crippen LogP contribution in [0.5, 0.6) is 0 Å². The maximum absolute atomic E-state index is 12.6. The molecule has 174 valence electrons. The predicted octanol–water partition coefficient (Wildman–Crippen LogP) is 4.06. The molecule has 2 aromatic rings. The Morgan fingerprint density at radius 3 is 2.27 bits per heavy atom. The van der Waals surface area contributed by atoms with Crippen LogP contribution < -0.4 is 10.6 Å². The summed E-state index contributed by atoms with van der Waals surface area (Å²) in [6.45, 7) is 1.97. The van der Waals surface area contributed by atoms with E-state index in [1.807, 2.05) is 24.3 Å². The normalized spacial score (nSPS) is 20.3. The standard InChI is InChI=1S/C26H30N2O5/c1-2-23(25(30)31)28-24(29)16-8-7-9-17(14-16)27-26(32)33-15-22-20-12-5-3-10-18(20)19-11-4-6-13-21(19)22/h3-6,10-13,16-17,22-23H,2,7-9,14-15H2,1H3,(H,27,32)(H,28,29)(H,30,31)/t16-,17+,23-/m0/s1. The number of carboxylic acids is 1. The van der Waals surface area contributed by atoms with Crippen LogP contribution >= 0.6 is 0 Å². The van der Waals surface area contributed by atoms with E-state index >= 15 is 0 Å². The molecule has 1 fully saturated rings. The summed E-state index contributed by atoms with van der Waals surface area (Å²) in [6.07, 6.45) is 2.56. The second-order valence-electron chi connectivity index (χ2n) is 8.84. The van der Waals surface area contributed by atoms with E-state index in [9.17, 15) is 19.5 Å².